The molecule has 3 unspecified atom stereocenters. The molecular formula is C17H31N3O3. The van der Waals surface area contributed by atoms with Crippen LogP contribution in [0.5, 0.6) is 0 Å². The van der Waals surface area contributed by atoms with Gasteiger partial charge in [-0.25, -0.2) is 0 Å². The summed E-state index contributed by atoms with van der Waals surface area (Å²) >= 11 is 0. The van der Waals surface area contributed by atoms with E-state index < -0.39 is 0 Å². The van der Waals surface area contributed by atoms with Crippen molar-refractivity contribution in [3.8, 4) is 0 Å². The summed E-state index contributed by atoms with van der Waals surface area (Å²) in [6.45, 7) is 6.23. The van der Waals surface area contributed by atoms with Crippen molar-refractivity contribution in [3.05, 3.63) is 0 Å². The standard InChI is InChI=1S/C17H31N3O3/c1-2-18-17(20-15-12-14-4-5-16(15)23-14)19-8-3-9-22-13-6-10-21-11-7-13/h13-16H,2-12H2,1H3,(H2,18,19,20). The molecular weight excluding hydrogens is 294 g/mol. The van der Waals surface area contributed by atoms with Crippen molar-refractivity contribution in [1.29, 1.82) is 0 Å². The van der Waals surface area contributed by atoms with Crippen LogP contribution in [0.3, 0.4) is 0 Å². The molecule has 3 heterocycles. The minimum Gasteiger partial charge on any atom is -0.381 e. The van der Waals surface area contributed by atoms with E-state index in [1.807, 2.05) is 0 Å². The Kier molecular flexibility index (Phi) is 6.54. The van der Waals surface area contributed by atoms with Crippen molar-refractivity contribution in [2.75, 3.05) is 32.9 Å². The van der Waals surface area contributed by atoms with Crippen LogP contribution in [0.25, 0.3) is 0 Å². The highest BCUT2D eigenvalue weighted by molar-refractivity contribution is 5.80. The van der Waals surface area contributed by atoms with E-state index in [2.05, 4.69) is 22.5 Å². The van der Waals surface area contributed by atoms with Crippen LogP contribution in [0.15, 0.2) is 4.99 Å². The minimum absolute atomic E-state index is 0.376. The van der Waals surface area contributed by atoms with Gasteiger partial charge < -0.3 is 24.8 Å². The number of aliphatic imine (C=N–C) groups is 1. The molecule has 0 aromatic rings. The first-order chi connectivity index (χ1) is 11.3. The molecule has 0 amide bonds. The lowest BCUT2D eigenvalue weighted by Crippen LogP contribution is -2.47. The van der Waals surface area contributed by atoms with Crippen LogP contribution in [0.4, 0.5) is 0 Å². The van der Waals surface area contributed by atoms with E-state index in [1.165, 1.54) is 12.8 Å². The van der Waals surface area contributed by atoms with Gasteiger partial charge in [0.05, 0.1) is 24.4 Å². The summed E-state index contributed by atoms with van der Waals surface area (Å²) in [6.07, 6.45) is 7.75. The fraction of sp³-hybridized carbons (Fsp3) is 0.941. The molecule has 0 aromatic carbocycles. The van der Waals surface area contributed by atoms with Gasteiger partial charge in [0.15, 0.2) is 5.96 Å². The number of hydrogen-bond acceptors (Lipinski definition) is 4. The molecule has 23 heavy (non-hydrogen) atoms. The van der Waals surface area contributed by atoms with Crippen LogP contribution in [-0.2, 0) is 14.2 Å². The number of guanidine groups is 1. The van der Waals surface area contributed by atoms with Gasteiger partial charge in [-0.2, -0.15) is 0 Å². The summed E-state index contributed by atoms with van der Waals surface area (Å²) in [7, 11) is 0. The van der Waals surface area contributed by atoms with Gasteiger partial charge >= 0.3 is 0 Å². The fourth-order valence-corrected chi connectivity index (χ4v) is 3.63. The molecule has 3 aliphatic rings. The van der Waals surface area contributed by atoms with E-state index in [9.17, 15) is 0 Å². The third-order valence-corrected chi connectivity index (χ3v) is 4.87. The van der Waals surface area contributed by atoms with Gasteiger partial charge in [-0.3, -0.25) is 4.99 Å². The SMILES string of the molecule is CCNC(=NCCCOC1CCOCC1)NC1CC2CCC1O2. The molecule has 0 spiro atoms. The molecule has 3 fully saturated rings. The van der Waals surface area contributed by atoms with Crippen molar-refractivity contribution < 1.29 is 14.2 Å². The van der Waals surface area contributed by atoms with Gasteiger partial charge in [0.25, 0.3) is 0 Å². The lowest BCUT2D eigenvalue weighted by atomic mass is 9.96. The second-order valence-electron chi connectivity index (χ2n) is 6.66. The smallest absolute Gasteiger partial charge is 0.191 e. The van der Waals surface area contributed by atoms with Crippen molar-refractivity contribution in [1.82, 2.24) is 10.6 Å². The van der Waals surface area contributed by atoms with Crippen LogP contribution < -0.4 is 10.6 Å². The van der Waals surface area contributed by atoms with E-state index in [0.29, 0.717) is 24.4 Å². The lowest BCUT2D eigenvalue weighted by molar-refractivity contribution is -0.0318. The average molecular weight is 325 g/mol. The van der Waals surface area contributed by atoms with Crippen LogP contribution in [0.2, 0.25) is 0 Å². The van der Waals surface area contributed by atoms with Gasteiger partial charge in [0.2, 0.25) is 0 Å². The first kappa shape index (κ1) is 17.0. The molecule has 6 nitrogen and oxygen atoms in total. The van der Waals surface area contributed by atoms with Crippen LogP contribution in [0.1, 0.15) is 45.4 Å². The Morgan fingerprint density at radius 3 is 2.78 bits per heavy atom. The van der Waals surface area contributed by atoms with E-state index in [1.54, 1.807) is 0 Å². The number of nitrogens with zero attached hydrogens (tertiary/aromatic N) is 1. The summed E-state index contributed by atoms with van der Waals surface area (Å²) in [5.41, 5.74) is 0. The fourth-order valence-electron chi connectivity index (χ4n) is 3.63. The molecule has 2 bridgehead atoms. The molecule has 0 radical (unpaired) electrons. The molecule has 0 saturated carbocycles. The molecule has 0 aromatic heterocycles. The molecule has 3 atom stereocenters. The second kappa shape index (κ2) is 8.85. The maximum absolute atomic E-state index is 5.90. The minimum atomic E-state index is 0.376. The quantitative estimate of drug-likeness (QED) is 0.421. The molecule has 3 saturated heterocycles. The van der Waals surface area contributed by atoms with Gasteiger partial charge in [0, 0.05) is 32.9 Å². The van der Waals surface area contributed by atoms with E-state index in [4.69, 9.17) is 14.2 Å². The molecule has 3 aliphatic heterocycles. The topological polar surface area (TPSA) is 64.1 Å². The Hall–Kier alpha value is -0.850. The zero-order valence-electron chi connectivity index (χ0n) is 14.3. The predicted molar refractivity (Wildman–Crippen MR) is 89.8 cm³/mol. The van der Waals surface area contributed by atoms with E-state index in [0.717, 1.165) is 64.6 Å². The number of nitrogens with one attached hydrogen (secondary N) is 2. The highest BCUT2D eigenvalue weighted by Gasteiger charge is 2.41. The van der Waals surface area contributed by atoms with Crippen LogP contribution >= 0.6 is 0 Å². The normalized spacial score (nSPS) is 31.5. The van der Waals surface area contributed by atoms with Crippen LogP contribution in [-0.4, -0.2) is 63.2 Å². The summed E-state index contributed by atoms with van der Waals surface area (Å²) in [5.74, 6) is 0.916. The van der Waals surface area contributed by atoms with E-state index >= 15 is 0 Å². The summed E-state index contributed by atoms with van der Waals surface area (Å²) in [4.78, 5) is 4.68. The Balaban J connectivity index is 1.34. The Labute approximate surface area is 139 Å². The maximum atomic E-state index is 5.90. The summed E-state index contributed by atoms with van der Waals surface area (Å²) in [5, 5.41) is 6.88. The first-order valence-corrected chi connectivity index (χ1v) is 9.25. The van der Waals surface area contributed by atoms with Gasteiger partial charge in [-0.1, -0.05) is 0 Å². The maximum Gasteiger partial charge on any atom is 0.191 e. The Bertz CT molecular complexity index is 385. The number of hydrogen-bond donors (Lipinski definition) is 2. The molecule has 3 rings (SSSR count). The van der Waals surface area contributed by atoms with Gasteiger partial charge in [-0.15, -0.1) is 0 Å². The third-order valence-electron chi connectivity index (χ3n) is 4.87. The van der Waals surface area contributed by atoms with Crippen molar-refractivity contribution in [3.63, 3.8) is 0 Å². The summed E-state index contributed by atoms with van der Waals surface area (Å²) in [6, 6.07) is 0.421. The highest BCUT2D eigenvalue weighted by Crippen LogP contribution is 2.34. The third kappa shape index (κ3) is 5.06. The van der Waals surface area contributed by atoms with Crippen molar-refractivity contribution >= 4 is 5.96 Å². The lowest BCUT2D eigenvalue weighted by Gasteiger charge is -2.23. The number of rotatable bonds is 7. The largest absolute Gasteiger partial charge is 0.381 e. The van der Waals surface area contributed by atoms with E-state index in [-0.39, 0.29) is 0 Å². The summed E-state index contributed by atoms with van der Waals surface area (Å²) < 4.78 is 17.1. The molecule has 132 valence electrons. The predicted octanol–water partition coefficient (Wildman–Crippen LogP) is 1.45. The zero-order chi connectivity index (χ0) is 15.9. The molecule has 2 N–H and O–H groups in total. The number of ether oxygens (including phenoxy) is 3. The molecule has 6 heteroatoms. The Morgan fingerprint density at radius 2 is 2.09 bits per heavy atom. The Morgan fingerprint density at radius 1 is 1.22 bits per heavy atom. The second-order valence-corrected chi connectivity index (χ2v) is 6.66. The zero-order valence-corrected chi connectivity index (χ0v) is 14.3. The first-order valence-electron chi connectivity index (χ1n) is 9.25. The van der Waals surface area contributed by atoms with Crippen molar-refractivity contribution in [2.45, 2.75) is 69.8 Å². The highest BCUT2D eigenvalue weighted by atomic mass is 16.5. The van der Waals surface area contributed by atoms with Gasteiger partial charge in [-0.05, 0) is 45.4 Å². The number of fused-ring (bicyclic) bond motifs is 2. The molecule has 0 aliphatic carbocycles. The van der Waals surface area contributed by atoms with Crippen LogP contribution in [0, 0.1) is 0 Å². The van der Waals surface area contributed by atoms with Gasteiger partial charge in [0.1, 0.15) is 0 Å². The monoisotopic (exact) mass is 325 g/mol. The average Bonchev–Trinajstić information content (AvgIpc) is 3.18. The van der Waals surface area contributed by atoms with Crippen molar-refractivity contribution in [2.24, 2.45) is 4.99 Å².